The van der Waals surface area contributed by atoms with E-state index in [1.807, 2.05) is 0 Å². The fourth-order valence-corrected chi connectivity index (χ4v) is 1.27. The molecule has 0 bridgehead atoms. The van der Waals surface area contributed by atoms with Gasteiger partial charge in [-0.15, -0.1) is 0 Å². The molecule has 0 aromatic heterocycles. The van der Waals surface area contributed by atoms with Gasteiger partial charge >= 0.3 is 5.97 Å². The zero-order valence-electron chi connectivity index (χ0n) is 6.19. The van der Waals surface area contributed by atoms with Crippen LogP contribution in [0.5, 0.6) is 0 Å². The Kier molecular flexibility index (Phi) is 4.89. The molecule has 0 rings (SSSR count). The molecule has 0 heterocycles. The summed E-state index contributed by atoms with van der Waals surface area (Å²) in [6.45, 7) is 0. The maximum absolute atomic E-state index is 10.3. The van der Waals surface area contributed by atoms with Crippen molar-refractivity contribution in [2.45, 2.75) is 6.04 Å². The molecule has 0 aromatic rings. The molecule has 2 atom stereocenters. The van der Waals surface area contributed by atoms with Gasteiger partial charge in [0.25, 0.3) is 0 Å². The van der Waals surface area contributed by atoms with Gasteiger partial charge in [-0.05, 0) is 6.26 Å². The first-order valence-electron chi connectivity index (χ1n) is 3.06. The molecule has 64 valence electrons. The lowest BCUT2D eigenvalue weighted by molar-refractivity contribution is -0.140. The van der Waals surface area contributed by atoms with E-state index in [0.717, 1.165) is 0 Å². The smallest absolute Gasteiger partial charge is 0.321 e. The predicted molar refractivity (Wildman–Crippen MR) is 43.5 cm³/mol. The summed E-state index contributed by atoms with van der Waals surface area (Å²) in [5.41, 5.74) is 5.21. The van der Waals surface area contributed by atoms with Crippen molar-refractivity contribution in [1.82, 2.24) is 0 Å². The van der Waals surface area contributed by atoms with E-state index in [1.165, 1.54) is 11.8 Å². The Labute approximate surface area is 69.1 Å². The van der Waals surface area contributed by atoms with Crippen molar-refractivity contribution in [3.8, 4) is 0 Å². The molecule has 4 nitrogen and oxygen atoms in total. The highest BCUT2D eigenvalue weighted by Crippen LogP contribution is 2.06. The molecule has 0 aliphatic heterocycles. The van der Waals surface area contributed by atoms with Crippen LogP contribution in [0.25, 0.3) is 0 Å². The van der Waals surface area contributed by atoms with E-state index in [4.69, 9.17) is 10.8 Å². The predicted octanol–water partition coefficient (Wildman–Crippen LogP) is -0.424. The number of hydrogen-bond acceptors (Lipinski definition) is 4. The van der Waals surface area contributed by atoms with Crippen LogP contribution in [-0.4, -0.2) is 35.4 Å². The maximum atomic E-state index is 10.3. The van der Waals surface area contributed by atoms with Crippen LogP contribution in [0.1, 0.15) is 0 Å². The summed E-state index contributed by atoms with van der Waals surface area (Å²) in [4.78, 5) is 20.6. The maximum Gasteiger partial charge on any atom is 0.321 e. The molecule has 0 aromatic carbocycles. The fraction of sp³-hybridized carbons (Fsp3) is 0.667. The average Bonchev–Trinajstić information content (AvgIpc) is 1.98. The lowest BCUT2D eigenvalue weighted by Crippen LogP contribution is -2.39. The standard InChI is InChI=1S/C6H11NO3S/c1-11-3-4(2-8)5(7)6(9)10/h2,4-5H,3,7H2,1H3,(H,9,10). The summed E-state index contributed by atoms with van der Waals surface area (Å²) < 4.78 is 0. The molecule has 0 aliphatic rings. The van der Waals surface area contributed by atoms with Crippen molar-refractivity contribution in [3.63, 3.8) is 0 Å². The SMILES string of the molecule is CSCC(C=O)C(N)C(=O)O. The average molecular weight is 177 g/mol. The van der Waals surface area contributed by atoms with Gasteiger partial charge in [0.1, 0.15) is 12.3 Å². The summed E-state index contributed by atoms with van der Waals surface area (Å²) in [6, 6.07) is -1.07. The fourth-order valence-electron chi connectivity index (χ4n) is 0.603. The number of thioether (sulfide) groups is 1. The van der Waals surface area contributed by atoms with Gasteiger partial charge in [0.05, 0.1) is 0 Å². The molecule has 0 radical (unpaired) electrons. The van der Waals surface area contributed by atoms with Crippen LogP contribution in [0.4, 0.5) is 0 Å². The van der Waals surface area contributed by atoms with Gasteiger partial charge in [-0.3, -0.25) is 4.79 Å². The summed E-state index contributed by atoms with van der Waals surface area (Å²) in [5.74, 6) is -1.25. The minimum absolute atomic E-state index is 0.455. The van der Waals surface area contributed by atoms with Crippen LogP contribution in [0, 0.1) is 5.92 Å². The minimum Gasteiger partial charge on any atom is -0.480 e. The number of aliphatic carboxylic acids is 1. The third-order valence-electron chi connectivity index (χ3n) is 1.28. The Bertz CT molecular complexity index is 151. The zero-order chi connectivity index (χ0) is 8.85. The highest BCUT2D eigenvalue weighted by molar-refractivity contribution is 7.98. The highest BCUT2D eigenvalue weighted by Gasteiger charge is 2.22. The van der Waals surface area contributed by atoms with Gasteiger partial charge in [-0.1, -0.05) is 0 Å². The summed E-state index contributed by atoms with van der Waals surface area (Å²) in [5, 5.41) is 8.42. The van der Waals surface area contributed by atoms with Gasteiger partial charge in [-0.25, -0.2) is 0 Å². The number of hydrogen-bond donors (Lipinski definition) is 2. The number of nitrogens with two attached hydrogens (primary N) is 1. The first-order valence-corrected chi connectivity index (χ1v) is 4.45. The monoisotopic (exact) mass is 177 g/mol. The van der Waals surface area contributed by atoms with E-state index in [0.29, 0.717) is 12.0 Å². The largest absolute Gasteiger partial charge is 0.480 e. The number of carbonyl (C=O) groups excluding carboxylic acids is 1. The van der Waals surface area contributed by atoms with E-state index < -0.39 is 17.9 Å². The van der Waals surface area contributed by atoms with Crippen molar-refractivity contribution in [2.75, 3.05) is 12.0 Å². The lowest BCUT2D eigenvalue weighted by atomic mass is 10.1. The van der Waals surface area contributed by atoms with Crippen molar-refractivity contribution in [1.29, 1.82) is 0 Å². The normalized spacial score (nSPS) is 15.5. The van der Waals surface area contributed by atoms with E-state index >= 15 is 0 Å². The van der Waals surface area contributed by atoms with Crippen LogP contribution in [0.3, 0.4) is 0 Å². The number of carbonyl (C=O) groups is 2. The van der Waals surface area contributed by atoms with E-state index in [1.54, 1.807) is 6.26 Å². The molecule has 11 heavy (non-hydrogen) atoms. The second kappa shape index (κ2) is 5.15. The number of carboxylic acids is 1. The number of rotatable bonds is 5. The van der Waals surface area contributed by atoms with Crippen LogP contribution in [-0.2, 0) is 9.59 Å². The molecule has 0 saturated heterocycles. The molecule has 0 fully saturated rings. The van der Waals surface area contributed by atoms with Gasteiger partial charge in [0.15, 0.2) is 0 Å². The van der Waals surface area contributed by atoms with Crippen molar-refractivity contribution < 1.29 is 14.7 Å². The van der Waals surface area contributed by atoms with Gasteiger partial charge in [0, 0.05) is 11.7 Å². The first-order chi connectivity index (χ1) is 5.13. The molecule has 3 N–H and O–H groups in total. The first kappa shape index (κ1) is 10.4. The molecular weight excluding hydrogens is 166 g/mol. The molecule has 0 saturated carbocycles. The van der Waals surface area contributed by atoms with E-state index in [2.05, 4.69) is 0 Å². The van der Waals surface area contributed by atoms with Crippen LogP contribution < -0.4 is 5.73 Å². The molecular formula is C6H11NO3S. The second-order valence-corrected chi connectivity index (χ2v) is 3.03. The Morgan fingerprint density at radius 3 is 2.64 bits per heavy atom. The quantitative estimate of drug-likeness (QED) is 0.557. The zero-order valence-corrected chi connectivity index (χ0v) is 7.00. The van der Waals surface area contributed by atoms with Crippen LogP contribution in [0.15, 0.2) is 0 Å². The van der Waals surface area contributed by atoms with Gasteiger partial charge in [-0.2, -0.15) is 11.8 Å². The second-order valence-electron chi connectivity index (χ2n) is 2.12. The van der Waals surface area contributed by atoms with E-state index in [-0.39, 0.29) is 0 Å². The topological polar surface area (TPSA) is 80.4 Å². The molecule has 0 spiro atoms. The van der Waals surface area contributed by atoms with Crippen molar-refractivity contribution >= 4 is 24.0 Å². The molecule has 2 unspecified atom stereocenters. The number of aldehydes is 1. The van der Waals surface area contributed by atoms with E-state index in [9.17, 15) is 9.59 Å². The van der Waals surface area contributed by atoms with Crippen molar-refractivity contribution in [2.24, 2.45) is 11.7 Å². The minimum atomic E-state index is -1.13. The Hall–Kier alpha value is -0.550. The third kappa shape index (κ3) is 3.38. The highest BCUT2D eigenvalue weighted by atomic mass is 32.2. The Morgan fingerprint density at radius 1 is 1.82 bits per heavy atom. The summed E-state index contributed by atoms with van der Waals surface area (Å²) >= 11 is 1.41. The molecule has 5 heteroatoms. The van der Waals surface area contributed by atoms with Crippen molar-refractivity contribution in [3.05, 3.63) is 0 Å². The number of carboxylic acid groups (broad SMARTS) is 1. The van der Waals surface area contributed by atoms with Crippen LogP contribution >= 0.6 is 11.8 Å². The third-order valence-corrected chi connectivity index (χ3v) is 2.00. The Balaban J connectivity index is 4.01. The lowest BCUT2D eigenvalue weighted by Gasteiger charge is -2.12. The van der Waals surface area contributed by atoms with Gasteiger partial charge in [0.2, 0.25) is 0 Å². The van der Waals surface area contributed by atoms with Crippen LogP contribution in [0.2, 0.25) is 0 Å². The molecule has 0 aliphatic carbocycles. The Morgan fingerprint density at radius 2 is 2.36 bits per heavy atom. The summed E-state index contributed by atoms with van der Waals surface area (Å²) in [7, 11) is 0. The van der Waals surface area contributed by atoms with Gasteiger partial charge < -0.3 is 15.6 Å². The molecule has 0 amide bonds. The summed E-state index contributed by atoms with van der Waals surface area (Å²) in [6.07, 6.45) is 2.39.